The molecule has 0 unspecified atom stereocenters. The maximum Gasteiger partial charge on any atom is 0.252 e. The molecule has 0 aromatic heterocycles. The van der Waals surface area contributed by atoms with Gasteiger partial charge in [-0.15, -0.1) is 0 Å². The minimum atomic E-state index is -1.04. The molecule has 0 radical (unpaired) electrons. The third-order valence-electron chi connectivity index (χ3n) is 2.13. The molecular formula is C11H13IN2O2. The zero-order valence-corrected chi connectivity index (χ0v) is 11.2. The molecule has 0 atom stereocenters. The van der Waals surface area contributed by atoms with Gasteiger partial charge in [0.25, 0.3) is 5.91 Å². The van der Waals surface area contributed by atoms with Crippen LogP contribution in [0, 0.1) is 3.57 Å². The van der Waals surface area contributed by atoms with Gasteiger partial charge in [-0.3, -0.25) is 9.59 Å². The standard InChI is InChI=1S/C11H13IN2O2/c1-11(2,10(13)16)14-9(15)7-4-3-5-8(12)6-7/h3-6H,1-2H3,(H2,13,16)(H,14,15). The summed E-state index contributed by atoms with van der Waals surface area (Å²) in [5.41, 5.74) is 4.64. The SMILES string of the molecule is CC(C)(NC(=O)c1cccc(I)c1)C(N)=O. The van der Waals surface area contributed by atoms with E-state index in [1.165, 1.54) is 0 Å². The van der Waals surface area contributed by atoms with Gasteiger partial charge in [0.2, 0.25) is 5.91 Å². The molecule has 0 bridgehead atoms. The van der Waals surface area contributed by atoms with E-state index in [4.69, 9.17) is 5.73 Å². The Morgan fingerprint density at radius 3 is 2.50 bits per heavy atom. The molecule has 0 saturated heterocycles. The third kappa shape index (κ3) is 3.19. The average molecular weight is 332 g/mol. The Kier molecular flexibility index (Phi) is 3.90. The Balaban J connectivity index is 2.85. The van der Waals surface area contributed by atoms with Crippen LogP contribution in [0.3, 0.4) is 0 Å². The normalized spacial score (nSPS) is 10.9. The van der Waals surface area contributed by atoms with Crippen LogP contribution < -0.4 is 11.1 Å². The second-order valence-corrected chi connectivity index (χ2v) is 5.20. The van der Waals surface area contributed by atoms with Crippen molar-refractivity contribution in [1.82, 2.24) is 5.32 Å². The highest BCUT2D eigenvalue weighted by Gasteiger charge is 2.27. The number of rotatable bonds is 3. The van der Waals surface area contributed by atoms with Crippen molar-refractivity contribution >= 4 is 34.4 Å². The first-order valence-corrected chi connectivity index (χ1v) is 5.79. The summed E-state index contributed by atoms with van der Waals surface area (Å²) in [5, 5.41) is 2.58. The van der Waals surface area contributed by atoms with E-state index in [0.29, 0.717) is 5.56 Å². The number of nitrogens with two attached hydrogens (primary N) is 1. The molecule has 0 aliphatic rings. The highest BCUT2D eigenvalue weighted by molar-refractivity contribution is 14.1. The van der Waals surface area contributed by atoms with Crippen LogP contribution in [0.15, 0.2) is 24.3 Å². The largest absolute Gasteiger partial charge is 0.368 e. The van der Waals surface area contributed by atoms with E-state index < -0.39 is 11.4 Å². The molecule has 4 nitrogen and oxygen atoms in total. The van der Waals surface area contributed by atoms with Crippen LogP contribution in [0.2, 0.25) is 0 Å². The summed E-state index contributed by atoms with van der Waals surface area (Å²) >= 11 is 2.12. The summed E-state index contributed by atoms with van der Waals surface area (Å²) in [6.07, 6.45) is 0. The van der Waals surface area contributed by atoms with Gasteiger partial charge < -0.3 is 11.1 Å². The van der Waals surface area contributed by atoms with Crippen LogP contribution >= 0.6 is 22.6 Å². The topological polar surface area (TPSA) is 72.2 Å². The second-order valence-electron chi connectivity index (χ2n) is 3.95. The number of carbonyl (C=O) groups is 2. The lowest BCUT2D eigenvalue weighted by molar-refractivity contribution is -0.122. The van der Waals surface area contributed by atoms with Crippen LogP contribution in [0.1, 0.15) is 24.2 Å². The fourth-order valence-electron chi connectivity index (χ4n) is 1.05. The first-order chi connectivity index (χ1) is 7.33. The van der Waals surface area contributed by atoms with Crippen molar-refractivity contribution in [2.24, 2.45) is 5.73 Å². The molecule has 16 heavy (non-hydrogen) atoms. The van der Waals surface area contributed by atoms with E-state index in [0.717, 1.165) is 3.57 Å². The first-order valence-electron chi connectivity index (χ1n) is 4.71. The second kappa shape index (κ2) is 4.82. The van der Waals surface area contributed by atoms with Crippen LogP contribution in [0.5, 0.6) is 0 Å². The number of amides is 2. The van der Waals surface area contributed by atoms with Gasteiger partial charge in [0.1, 0.15) is 5.54 Å². The number of nitrogens with one attached hydrogen (secondary N) is 1. The number of primary amides is 1. The Morgan fingerprint density at radius 1 is 1.38 bits per heavy atom. The van der Waals surface area contributed by atoms with Crippen molar-refractivity contribution in [3.63, 3.8) is 0 Å². The molecule has 2 amide bonds. The number of carbonyl (C=O) groups excluding carboxylic acids is 2. The predicted molar refractivity (Wildman–Crippen MR) is 69.9 cm³/mol. The van der Waals surface area contributed by atoms with Gasteiger partial charge in [0.15, 0.2) is 0 Å². The fourth-order valence-corrected chi connectivity index (χ4v) is 1.59. The van der Waals surface area contributed by atoms with Gasteiger partial charge in [-0.1, -0.05) is 6.07 Å². The number of hydrogen-bond acceptors (Lipinski definition) is 2. The summed E-state index contributed by atoms with van der Waals surface area (Å²) in [7, 11) is 0. The number of benzene rings is 1. The van der Waals surface area contributed by atoms with Gasteiger partial charge in [0.05, 0.1) is 0 Å². The molecule has 0 fully saturated rings. The summed E-state index contributed by atoms with van der Waals surface area (Å²) in [6, 6.07) is 7.10. The monoisotopic (exact) mass is 332 g/mol. The summed E-state index contributed by atoms with van der Waals surface area (Å²) in [4.78, 5) is 22.9. The lowest BCUT2D eigenvalue weighted by Gasteiger charge is -2.22. The Bertz CT molecular complexity index is 430. The van der Waals surface area contributed by atoms with E-state index in [1.54, 1.807) is 32.0 Å². The minimum absolute atomic E-state index is 0.303. The minimum Gasteiger partial charge on any atom is -0.368 e. The summed E-state index contributed by atoms with van der Waals surface area (Å²) in [5.74, 6) is -0.867. The third-order valence-corrected chi connectivity index (χ3v) is 2.80. The smallest absolute Gasteiger partial charge is 0.252 e. The van der Waals surface area contributed by atoms with E-state index in [1.807, 2.05) is 6.07 Å². The molecule has 1 aromatic carbocycles. The molecule has 0 spiro atoms. The van der Waals surface area contributed by atoms with E-state index >= 15 is 0 Å². The maximum absolute atomic E-state index is 11.8. The zero-order valence-electron chi connectivity index (χ0n) is 9.08. The molecule has 86 valence electrons. The fraction of sp³-hybridized carbons (Fsp3) is 0.273. The van der Waals surface area contributed by atoms with Crippen LogP contribution in [0.4, 0.5) is 0 Å². The molecule has 3 N–H and O–H groups in total. The molecule has 0 saturated carbocycles. The van der Waals surface area contributed by atoms with Crippen molar-refractivity contribution in [1.29, 1.82) is 0 Å². The summed E-state index contributed by atoms with van der Waals surface area (Å²) < 4.78 is 0.960. The molecule has 5 heteroatoms. The van der Waals surface area contributed by atoms with Crippen molar-refractivity contribution in [2.75, 3.05) is 0 Å². The van der Waals surface area contributed by atoms with Crippen LogP contribution in [0.25, 0.3) is 0 Å². The lowest BCUT2D eigenvalue weighted by Crippen LogP contribution is -2.53. The van der Waals surface area contributed by atoms with Gasteiger partial charge in [0, 0.05) is 9.13 Å². The molecule has 0 aliphatic carbocycles. The van der Waals surface area contributed by atoms with Crippen molar-refractivity contribution in [2.45, 2.75) is 19.4 Å². The van der Waals surface area contributed by atoms with Crippen LogP contribution in [-0.2, 0) is 4.79 Å². The van der Waals surface area contributed by atoms with E-state index in [9.17, 15) is 9.59 Å². The first kappa shape index (κ1) is 13.0. The van der Waals surface area contributed by atoms with Crippen LogP contribution in [-0.4, -0.2) is 17.4 Å². The van der Waals surface area contributed by atoms with E-state index in [-0.39, 0.29) is 5.91 Å². The molecule has 0 heterocycles. The summed E-state index contributed by atoms with van der Waals surface area (Å²) in [6.45, 7) is 3.14. The average Bonchev–Trinajstić information content (AvgIpc) is 2.16. The molecular weight excluding hydrogens is 319 g/mol. The highest BCUT2D eigenvalue weighted by Crippen LogP contribution is 2.09. The maximum atomic E-state index is 11.8. The van der Waals surface area contributed by atoms with Gasteiger partial charge >= 0.3 is 0 Å². The quantitative estimate of drug-likeness (QED) is 0.819. The van der Waals surface area contributed by atoms with Gasteiger partial charge in [-0.2, -0.15) is 0 Å². The van der Waals surface area contributed by atoms with Crippen molar-refractivity contribution in [3.05, 3.63) is 33.4 Å². The van der Waals surface area contributed by atoms with Crippen molar-refractivity contribution < 1.29 is 9.59 Å². The Hall–Kier alpha value is -1.11. The molecule has 0 aliphatic heterocycles. The van der Waals surface area contributed by atoms with E-state index in [2.05, 4.69) is 27.9 Å². The predicted octanol–water partition coefficient (Wildman–Crippen LogP) is 1.28. The number of halogens is 1. The zero-order chi connectivity index (χ0) is 12.3. The van der Waals surface area contributed by atoms with Gasteiger partial charge in [-0.05, 0) is 54.6 Å². The van der Waals surface area contributed by atoms with Gasteiger partial charge in [-0.25, -0.2) is 0 Å². The molecule has 1 rings (SSSR count). The Morgan fingerprint density at radius 2 is 2.00 bits per heavy atom. The Labute approximate surface area is 108 Å². The van der Waals surface area contributed by atoms with Crippen molar-refractivity contribution in [3.8, 4) is 0 Å². The lowest BCUT2D eigenvalue weighted by atomic mass is 10.0. The highest BCUT2D eigenvalue weighted by atomic mass is 127. The molecule has 1 aromatic rings. The number of hydrogen-bond donors (Lipinski definition) is 2.